The van der Waals surface area contributed by atoms with Gasteiger partial charge >= 0.3 is 0 Å². The van der Waals surface area contributed by atoms with Gasteiger partial charge in [-0.3, -0.25) is 0 Å². The third kappa shape index (κ3) is 108. The highest BCUT2D eigenvalue weighted by molar-refractivity contribution is 4.30. The Kier molecular flexibility index (Phi) is 23.8. The quantitative estimate of drug-likeness (QED) is 0.716. The highest BCUT2D eigenvalue weighted by Gasteiger charge is 1.83. The van der Waals surface area contributed by atoms with Crippen LogP contribution in [0.5, 0.6) is 0 Å². The van der Waals surface area contributed by atoms with Crippen molar-refractivity contribution in [1.29, 1.82) is 0 Å². The van der Waals surface area contributed by atoms with E-state index in [-0.39, 0.29) is 6.10 Å². The van der Waals surface area contributed by atoms with E-state index in [1.165, 1.54) is 0 Å². The van der Waals surface area contributed by atoms with Crippen LogP contribution in [0.15, 0.2) is 0 Å². The monoisotopic (exact) mass is 297 g/mol. The fraction of sp³-hybridized carbons (Fsp3) is 1.00. The maximum Gasteiger partial charge on any atom is 0.0530 e. The molecule has 0 saturated carbocycles. The zero-order chi connectivity index (χ0) is 19.6. The minimum atomic E-state index is -2.23. The average Bonchev–Trinajstić information content (AvgIpc) is 2.25. The molecule has 0 heterocycles. The van der Waals surface area contributed by atoms with E-state index in [2.05, 4.69) is 25.5 Å². The van der Waals surface area contributed by atoms with Crippen LogP contribution in [0.25, 0.3) is 0 Å². The number of hydrogen-bond acceptors (Lipinski definition) is 3. The minimum absolute atomic E-state index is 0.220. The summed E-state index contributed by atoms with van der Waals surface area (Å²) in [5.74, 6) is 0.833. The molecule has 0 spiro atoms. The summed E-state index contributed by atoms with van der Waals surface area (Å²) in [5, 5.41) is 0. The van der Waals surface area contributed by atoms with E-state index in [9.17, 15) is 0 Å². The second-order valence-corrected chi connectivity index (χ2v) is 5.69. The van der Waals surface area contributed by atoms with Crippen LogP contribution < -0.4 is 0 Å². The molecule has 20 heavy (non-hydrogen) atoms. The zero-order valence-corrected chi connectivity index (χ0v) is 15.7. The van der Waals surface area contributed by atoms with Crippen LogP contribution in [0.2, 0.25) is 0 Å². The van der Waals surface area contributed by atoms with Crippen LogP contribution in [-0.4, -0.2) is 39.1 Å². The van der Waals surface area contributed by atoms with E-state index in [0.717, 1.165) is 12.5 Å². The van der Waals surface area contributed by atoms with E-state index in [1.807, 2.05) is 34.6 Å². The Labute approximate surface area is 133 Å². The summed E-state index contributed by atoms with van der Waals surface area (Å²) in [4.78, 5) is 0. The lowest BCUT2D eigenvalue weighted by atomic mass is 10.3. The first-order valence-electron chi connectivity index (χ1n) is 9.01. The van der Waals surface area contributed by atoms with Crippen molar-refractivity contribution in [2.75, 3.05) is 20.8 Å². The standard InChI is InChI=1S/C5H12O.2C4H10O.C4H10/c1-4-6-5(2)3;2*1-4(2)5-3;1-4(2)3/h5H,4H2,1-3H3;2*4H,1-3H3;4H,1-3H3/i;3D3;;. The molecule has 0 radical (unpaired) electrons. The molecule has 0 fully saturated rings. The minimum Gasteiger partial charge on any atom is -0.382 e. The number of ether oxygens (including phenoxy) is 3. The van der Waals surface area contributed by atoms with Crippen molar-refractivity contribution < 1.29 is 18.3 Å². The molecule has 0 aliphatic heterocycles. The second kappa shape index (κ2) is 23.9. The Hall–Kier alpha value is -0.120. The van der Waals surface area contributed by atoms with Gasteiger partial charge in [-0.25, -0.2) is 0 Å². The van der Waals surface area contributed by atoms with E-state index in [4.69, 9.17) is 13.6 Å². The van der Waals surface area contributed by atoms with Gasteiger partial charge in [-0.05, 0) is 54.4 Å². The molecule has 0 aromatic carbocycles. The van der Waals surface area contributed by atoms with Gasteiger partial charge in [-0.1, -0.05) is 20.8 Å². The first kappa shape index (κ1) is 19.9. The molecule has 0 rings (SSSR count). The van der Waals surface area contributed by atoms with Gasteiger partial charge in [-0.2, -0.15) is 0 Å². The molecule has 0 aliphatic rings. The predicted octanol–water partition coefficient (Wildman–Crippen LogP) is 5.18. The van der Waals surface area contributed by atoms with E-state index < -0.39 is 7.04 Å². The van der Waals surface area contributed by atoms with Crippen molar-refractivity contribution >= 4 is 0 Å². The van der Waals surface area contributed by atoms with Crippen molar-refractivity contribution in [3.8, 4) is 0 Å². The Balaban J connectivity index is -0.000000108. The Morgan fingerprint density at radius 1 is 0.750 bits per heavy atom. The summed E-state index contributed by atoms with van der Waals surface area (Å²) >= 11 is 0. The molecule has 0 aromatic heterocycles. The molecule has 0 aliphatic carbocycles. The van der Waals surface area contributed by atoms with E-state index in [1.54, 1.807) is 21.0 Å². The number of rotatable bonds is 4. The van der Waals surface area contributed by atoms with Gasteiger partial charge in [0.05, 0.1) is 22.4 Å². The molecule has 0 bridgehead atoms. The van der Waals surface area contributed by atoms with Gasteiger partial charge in [0.15, 0.2) is 0 Å². The van der Waals surface area contributed by atoms with Gasteiger partial charge in [0, 0.05) is 20.8 Å². The summed E-state index contributed by atoms with van der Waals surface area (Å²) in [6.45, 7) is 20.8. The van der Waals surface area contributed by atoms with E-state index in [0.29, 0.717) is 12.2 Å². The Morgan fingerprint density at radius 3 is 1.10 bits per heavy atom. The van der Waals surface area contributed by atoms with Crippen LogP contribution in [0, 0.1) is 5.92 Å². The van der Waals surface area contributed by atoms with E-state index >= 15 is 0 Å². The lowest BCUT2D eigenvalue weighted by Gasteiger charge is -2.00. The summed E-state index contributed by atoms with van der Waals surface area (Å²) in [5.41, 5.74) is 0. The third-order valence-electron chi connectivity index (χ3n) is 1.21. The van der Waals surface area contributed by atoms with Gasteiger partial charge in [0.1, 0.15) is 0 Å². The summed E-state index contributed by atoms with van der Waals surface area (Å²) in [7, 11) is -0.529. The first-order valence-corrected chi connectivity index (χ1v) is 7.51. The first-order chi connectivity index (χ1) is 10.2. The maximum absolute atomic E-state index is 6.57. The van der Waals surface area contributed by atoms with Crippen molar-refractivity contribution in [2.24, 2.45) is 5.92 Å². The molecule has 0 N–H and O–H groups in total. The Bertz CT molecular complexity index is 201. The van der Waals surface area contributed by atoms with Crippen LogP contribution in [-0.2, 0) is 14.2 Å². The second-order valence-electron chi connectivity index (χ2n) is 5.69. The molecular weight excluding hydrogens is 252 g/mol. The van der Waals surface area contributed by atoms with Crippen molar-refractivity contribution in [3.05, 3.63) is 0 Å². The molecule has 0 unspecified atom stereocenters. The van der Waals surface area contributed by atoms with Crippen LogP contribution in [0.1, 0.15) is 73.3 Å². The average molecular weight is 298 g/mol. The van der Waals surface area contributed by atoms with Crippen LogP contribution in [0.4, 0.5) is 0 Å². The van der Waals surface area contributed by atoms with Crippen molar-refractivity contribution in [3.63, 3.8) is 0 Å². The fourth-order valence-corrected chi connectivity index (χ4v) is 0.333. The topological polar surface area (TPSA) is 27.7 Å². The lowest BCUT2D eigenvalue weighted by Crippen LogP contribution is -1.99. The van der Waals surface area contributed by atoms with Crippen LogP contribution in [0.3, 0.4) is 0 Å². The van der Waals surface area contributed by atoms with Gasteiger partial charge < -0.3 is 14.2 Å². The maximum atomic E-state index is 6.57. The molecule has 0 aromatic rings. The Morgan fingerprint density at radius 2 is 1.10 bits per heavy atom. The summed E-state index contributed by atoms with van der Waals surface area (Å²) < 4.78 is 33.9. The normalized spacial score (nSPS) is 12.4. The number of methoxy groups -OCH3 is 2. The molecule has 0 amide bonds. The molecular formula is C17H42O3. The van der Waals surface area contributed by atoms with Crippen molar-refractivity contribution in [1.82, 2.24) is 0 Å². The molecule has 0 saturated heterocycles. The fourth-order valence-electron chi connectivity index (χ4n) is 0.333. The summed E-state index contributed by atoms with van der Waals surface area (Å²) in [6.07, 6.45) is 0.562. The summed E-state index contributed by atoms with van der Waals surface area (Å²) in [6, 6.07) is 0. The highest BCUT2D eigenvalue weighted by Crippen LogP contribution is 1.83. The molecule has 3 heteroatoms. The molecule has 3 nitrogen and oxygen atoms in total. The van der Waals surface area contributed by atoms with Gasteiger partial charge in [-0.15, -0.1) is 0 Å². The number of hydrogen-bond donors (Lipinski definition) is 0. The SMILES string of the molecule is CC(C)C.CCOC(C)C.COC(C)C.[2H]C([2H])([2H])OC(C)C. The zero-order valence-electron chi connectivity index (χ0n) is 18.7. The smallest absolute Gasteiger partial charge is 0.0530 e. The van der Waals surface area contributed by atoms with Crippen LogP contribution >= 0.6 is 0 Å². The lowest BCUT2D eigenvalue weighted by molar-refractivity contribution is 0.0899. The van der Waals surface area contributed by atoms with Crippen molar-refractivity contribution in [2.45, 2.75) is 87.5 Å². The van der Waals surface area contributed by atoms with Gasteiger partial charge in [0.25, 0.3) is 0 Å². The largest absolute Gasteiger partial charge is 0.382 e. The van der Waals surface area contributed by atoms with Gasteiger partial charge in [0.2, 0.25) is 0 Å². The predicted molar refractivity (Wildman–Crippen MR) is 91.6 cm³/mol. The molecule has 128 valence electrons. The molecule has 0 atom stereocenters. The third-order valence-corrected chi connectivity index (χ3v) is 1.21. The highest BCUT2D eigenvalue weighted by atomic mass is 16.5.